The van der Waals surface area contributed by atoms with Crippen molar-refractivity contribution in [3.63, 3.8) is 0 Å². The molecule has 5 nitrogen and oxygen atoms in total. The van der Waals surface area contributed by atoms with Gasteiger partial charge in [0.05, 0.1) is 6.61 Å². The van der Waals surface area contributed by atoms with Gasteiger partial charge in [0.1, 0.15) is 6.04 Å². The quantitative estimate of drug-likeness (QED) is 0.663. The van der Waals surface area contributed by atoms with Crippen LogP contribution in [0.1, 0.15) is 18.1 Å². The van der Waals surface area contributed by atoms with Crippen LogP contribution < -0.4 is 10.6 Å². The Morgan fingerprint density at radius 1 is 1.00 bits per heavy atom. The Kier molecular flexibility index (Phi) is 8.55. The molecule has 2 N–H and O–H groups in total. The summed E-state index contributed by atoms with van der Waals surface area (Å²) >= 11 is 1.58. The maximum Gasteiger partial charge on any atom is 0.329 e. The van der Waals surface area contributed by atoms with Gasteiger partial charge in [0.25, 0.3) is 0 Å². The lowest BCUT2D eigenvalue weighted by Crippen LogP contribution is -2.47. The van der Waals surface area contributed by atoms with E-state index in [1.165, 1.54) is 5.56 Å². The van der Waals surface area contributed by atoms with Crippen LogP contribution in [0, 0.1) is 0 Å². The first-order valence-electron chi connectivity index (χ1n) is 8.55. The van der Waals surface area contributed by atoms with Crippen LogP contribution in [0.4, 0.5) is 4.79 Å². The molecule has 0 bridgehead atoms. The normalized spacial score (nSPS) is 11.4. The number of hydrogen-bond donors (Lipinski definition) is 2. The van der Waals surface area contributed by atoms with E-state index in [0.717, 1.165) is 11.3 Å². The summed E-state index contributed by atoms with van der Waals surface area (Å²) in [5.74, 6) is 0.805. The number of carbonyl (C=O) groups excluding carboxylic acids is 2. The summed E-state index contributed by atoms with van der Waals surface area (Å²) in [4.78, 5) is 24.2. The smallest absolute Gasteiger partial charge is 0.329 e. The molecule has 2 aromatic rings. The second-order valence-electron chi connectivity index (χ2n) is 5.62. The molecule has 0 saturated heterocycles. The van der Waals surface area contributed by atoms with E-state index < -0.39 is 12.0 Å². The highest BCUT2D eigenvalue weighted by atomic mass is 32.2. The number of ether oxygens (including phenoxy) is 1. The number of hydrogen-bond acceptors (Lipinski definition) is 4. The second-order valence-corrected chi connectivity index (χ2v) is 6.65. The van der Waals surface area contributed by atoms with Crippen molar-refractivity contribution in [2.45, 2.75) is 25.3 Å². The number of esters is 1. The van der Waals surface area contributed by atoms with Crippen LogP contribution in [0.25, 0.3) is 0 Å². The van der Waals surface area contributed by atoms with Crippen molar-refractivity contribution in [3.05, 3.63) is 71.8 Å². The van der Waals surface area contributed by atoms with Gasteiger partial charge < -0.3 is 15.4 Å². The van der Waals surface area contributed by atoms with Gasteiger partial charge in [-0.1, -0.05) is 60.7 Å². The van der Waals surface area contributed by atoms with Crippen LogP contribution in [0.15, 0.2) is 60.7 Å². The first-order valence-corrected chi connectivity index (χ1v) is 9.71. The van der Waals surface area contributed by atoms with Gasteiger partial charge in [0.15, 0.2) is 0 Å². The standard InChI is InChI=1S/C20H24N2O3S/c1-2-25-19(23)18(15-26-14-17-11-7-4-8-12-17)22-20(24)21-13-16-9-5-3-6-10-16/h3-12,18H,2,13-15H2,1H3,(H2,21,22,24). The molecule has 0 saturated carbocycles. The number of rotatable bonds is 9. The van der Waals surface area contributed by atoms with Gasteiger partial charge >= 0.3 is 12.0 Å². The molecule has 0 aromatic heterocycles. The minimum Gasteiger partial charge on any atom is -0.464 e. The van der Waals surface area contributed by atoms with Crippen LogP contribution in [-0.2, 0) is 21.8 Å². The van der Waals surface area contributed by atoms with Crippen LogP contribution in [0.5, 0.6) is 0 Å². The molecule has 138 valence electrons. The van der Waals surface area contributed by atoms with Gasteiger partial charge in [-0.25, -0.2) is 9.59 Å². The van der Waals surface area contributed by atoms with E-state index >= 15 is 0 Å². The predicted molar refractivity (Wildman–Crippen MR) is 105 cm³/mol. The molecule has 6 heteroatoms. The Labute approximate surface area is 158 Å². The van der Waals surface area contributed by atoms with Crippen molar-refractivity contribution in [2.24, 2.45) is 0 Å². The molecule has 0 fully saturated rings. The molecule has 1 atom stereocenters. The summed E-state index contributed by atoms with van der Waals surface area (Å²) < 4.78 is 5.08. The Morgan fingerprint density at radius 2 is 1.62 bits per heavy atom. The van der Waals surface area contributed by atoms with Crippen molar-refractivity contribution in [3.8, 4) is 0 Å². The van der Waals surface area contributed by atoms with Crippen LogP contribution >= 0.6 is 11.8 Å². The van der Waals surface area contributed by atoms with Crippen molar-refractivity contribution in [1.29, 1.82) is 0 Å². The fraction of sp³-hybridized carbons (Fsp3) is 0.300. The molecule has 1 unspecified atom stereocenters. The largest absolute Gasteiger partial charge is 0.464 e. The summed E-state index contributed by atoms with van der Waals surface area (Å²) in [7, 11) is 0. The zero-order chi connectivity index (χ0) is 18.6. The van der Waals surface area contributed by atoms with E-state index in [0.29, 0.717) is 12.3 Å². The monoisotopic (exact) mass is 372 g/mol. The summed E-state index contributed by atoms with van der Waals surface area (Å²) in [5, 5.41) is 5.48. The van der Waals surface area contributed by atoms with E-state index in [9.17, 15) is 9.59 Å². The van der Waals surface area contributed by atoms with Crippen molar-refractivity contribution >= 4 is 23.8 Å². The highest BCUT2D eigenvalue weighted by Crippen LogP contribution is 2.13. The molecule has 0 heterocycles. The topological polar surface area (TPSA) is 67.4 Å². The van der Waals surface area contributed by atoms with Gasteiger partial charge in [0.2, 0.25) is 0 Å². The number of amides is 2. The SMILES string of the molecule is CCOC(=O)C(CSCc1ccccc1)NC(=O)NCc1ccccc1. The average Bonchev–Trinajstić information content (AvgIpc) is 2.67. The zero-order valence-electron chi connectivity index (χ0n) is 14.8. The molecule has 2 amide bonds. The molecule has 0 radical (unpaired) electrons. The molecule has 26 heavy (non-hydrogen) atoms. The van der Waals surface area contributed by atoms with E-state index in [1.807, 2.05) is 60.7 Å². The second kappa shape index (κ2) is 11.2. The Hall–Kier alpha value is -2.47. The third-order valence-corrected chi connectivity index (χ3v) is 4.67. The van der Waals surface area contributed by atoms with Crippen molar-refractivity contribution in [2.75, 3.05) is 12.4 Å². The van der Waals surface area contributed by atoms with Crippen molar-refractivity contribution < 1.29 is 14.3 Å². The average molecular weight is 372 g/mol. The molecule has 0 spiro atoms. The fourth-order valence-corrected chi connectivity index (χ4v) is 3.27. The third kappa shape index (κ3) is 7.19. The lowest BCUT2D eigenvalue weighted by molar-refractivity contribution is -0.144. The van der Waals surface area contributed by atoms with Gasteiger partial charge in [-0.2, -0.15) is 11.8 Å². The van der Waals surface area contributed by atoms with Crippen LogP contribution in [-0.4, -0.2) is 30.4 Å². The molecule has 0 aliphatic rings. The van der Waals surface area contributed by atoms with E-state index in [2.05, 4.69) is 10.6 Å². The van der Waals surface area contributed by atoms with Gasteiger partial charge in [-0.05, 0) is 18.1 Å². The molecule has 2 aromatic carbocycles. The number of urea groups is 1. The van der Waals surface area contributed by atoms with Gasteiger partial charge in [-0.15, -0.1) is 0 Å². The van der Waals surface area contributed by atoms with Crippen LogP contribution in [0.3, 0.4) is 0 Å². The predicted octanol–water partition coefficient (Wildman–Crippen LogP) is 3.35. The molecule has 2 rings (SSSR count). The maximum absolute atomic E-state index is 12.1. The lowest BCUT2D eigenvalue weighted by atomic mass is 10.2. The van der Waals surface area contributed by atoms with E-state index in [1.54, 1.807) is 18.7 Å². The van der Waals surface area contributed by atoms with Crippen LogP contribution in [0.2, 0.25) is 0 Å². The lowest BCUT2D eigenvalue weighted by Gasteiger charge is -2.17. The number of carbonyl (C=O) groups is 2. The minimum atomic E-state index is -0.681. The van der Waals surface area contributed by atoms with Crippen molar-refractivity contribution in [1.82, 2.24) is 10.6 Å². The maximum atomic E-state index is 12.1. The summed E-state index contributed by atoms with van der Waals surface area (Å²) in [6, 6.07) is 18.5. The highest BCUT2D eigenvalue weighted by Gasteiger charge is 2.22. The van der Waals surface area contributed by atoms with Gasteiger partial charge in [0, 0.05) is 18.1 Å². The highest BCUT2D eigenvalue weighted by molar-refractivity contribution is 7.98. The third-order valence-electron chi connectivity index (χ3n) is 3.57. The molecular formula is C20H24N2O3S. The zero-order valence-corrected chi connectivity index (χ0v) is 15.6. The Morgan fingerprint density at radius 3 is 2.23 bits per heavy atom. The van der Waals surface area contributed by atoms with E-state index in [-0.39, 0.29) is 12.6 Å². The number of benzene rings is 2. The summed E-state index contributed by atoms with van der Waals surface area (Å²) in [6.45, 7) is 2.44. The van der Waals surface area contributed by atoms with E-state index in [4.69, 9.17) is 4.74 Å². The number of nitrogens with one attached hydrogen (secondary N) is 2. The number of thioether (sulfide) groups is 1. The molecule has 0 aliphatic carbocycles. The summed E-state index contributed by atoms with van der Waals surface area (Å²) in [6.07, 6.45) is 0. The minimum absolute atomic E-state index is 0.284. The fourth-order valence-electron chi connectivity index (χ4n) is 2.27. The first kappa shape index (κ1) is 19.8. The summed E-state index contributed by atoms with van der Waals surface area (Å²) in [5.41, 5.74) is 2.17. The Bertz CT molecular complexity index is 680. The first-order chi connectivity index (χ1) is 12.7. The Balaban J connectivity index is 1.83. The molecule has 0 aliphatic heterocycles. The van der Waals surface area contributed by atoms with Gasteiger partial charge in [-0.3, -0.25) is 0 Å². The molecular weight excluding hydrogens is 348 g/mol.